The molecule has 0 N–H and O–H groups in total. The van der Waals surface area contributed by atoms with Gasteiger partial charge in [-0.25, -0.2) is 0 Å². The van der Waals surface area contributed by atoms with E-state index in [-0.39, 0.29) is 6.41 Å². The van der Waals surface area contributed by atoms with Crippen LogP contribution in [0.25, 0.3) is 0 Å². The van der Waals surface area contributed by atoms with E-state index in [1.165, 1.54) is 0 Å². The SMILES string of the molecule is C1=CN(C2OCCO2)CO1. The highest BCUT2D eigenvalue weighted by Gasteiger charge is 2.23. The molecule has 0 spiro atoms. The highest BCUT2D eigenvalue weighted by molar-refractivity contribution is 4.80. The van der Waals surface area contributed by atoms with E-state index < -0.39 is 0 Å². The number of ether oxygens (including phenoxy) is 3. The fourth-order valence-corrected chi connectivity index (χ4v) is 0.962. The van der Waals surface area contributed by atoms with Crippen LogP contribution in [0, 0.1) is 0 Å². The standard InChI is InChI=1S/C6H9NO3/c1-2-8-5-7(1)6-9-3-4-10-6/h1-2,6H,3-5H2. The third-order valence-electron chi connectivity index (χ3n) is 1.45. The van der Waals surface area contributed by atoms with Crippen LogP contribution in [0.1, 0.15) is 0 Å². The van der Waals surface area contributed by atoms with Crippen molar-refractivity contribution in [3.8, 4) is 0 Å². The second-order valence-corrected chi connectivity index (χ2v) is 2.14. The normalized spacial score (nSPS) is 25.8. The smallest absolute Gasteiger partial charge is 0.242 e. The van der Waals surface area contributed by atoms with Gasteiger partial charge in [-0.3, -0.25) is 4.90 Å². The first kappa shape index (κ1) is 6.00. The molecule has 0 aromatic carbocycles. The van der Waals surface area contributed by atoms with Crippen LogP contribution in [-0.4, -0.2) is 31.3 Å². The molecular formula is C6H9NO3. The minimum Gasteiger partial charge on any atom is -0.479 e. The van der Waals surface area contributed by atoms with Crippen LogP contribution in [0.2, 0.25) is 0 Å². The summed E-state index contributed by atoms with van der Waals surface area (Å²) in [6, 6.07) is 0. The molecule has 2 heterocycles. The van der Waals surface area contributed by atoms with E-state index in [9.17, 15) is 0 Å². The predicted molar refractivity (Wildman–Crippen MR) is 32.6 cm³/mol. The van der Waals surface area contributed by atoms with Crippen LogP contribution < -0.4 is 0 Å². The molecule has 0 aliphatic carbocycles. The van der Waals surface area contributed by atoms with Crippen molar-refractivity contribution >= 4 is 0 Å². The molecule has 0 amide bonds. The molecule has 2 aliphatic heterocycles. The lowest BCUT2D eigenvalue weighted by molar-refractivity contribution is -0.144. The molecule has 2 rings (SSSR count). The lowest BCUT2D eigenvalue weighted by Gasteiger charge is -2.19. The zero-order chi connectivity index (χ0) is 6.81. The molecule has 0 aromatic heterocycles. The molecule has 0 aromatic rings. The fraction of sp³-hybridized carbons (Fsp3) is 0.667. The Morgan fingerprint density at radius 2 is 2.10 bits per heavy atom. The highest BCUT2D eigenvalue weighted by atomic mass is 16.7. The second kappa shape index (κ2) is 2.48. The third kappa shape index (κ3) is 0.955. The van der Waals surface area contributed by atoms with Gasteiger partial charge in [0.2, 0.25) is 6.41 Å². The van der Waals surface area contributed by atoms with Gasteiger partial charge in [-0.15, -0.1) is 0 Å². The van der Waals surface area contributed by atoms with E-state index in [2.05, 4.69) is 0 Å². The van der Waals surface area contributed by atoms with E-state index in [0.29, 0.717) is 19.9 Å². The molecule has 10 heavy (non-hydrogen) atoms. The Morgan fingerprint density at radius 1 is 1.30 bits per heavy atom. The maximum Gasteiger partial charge on any atom is 0.242 e. The third-order valence-corrected chi connectivity index (χ3v) is 1.45. The van der Waals surface area contributed by atoms with Crippen molar-refractivity contribution in [3.63, 3.8) is 0 Å². The molecule has 2 aliphatic rings. The lowest BCUT2D eigenvalue weighted by Crippen LogP contribution is -2.29. The van der Waals surface area contributed by atoms with Crippen LogP contribution in [0.3, 0.4) is 0 Å². The lowest BCUT2D eigenvalue weighted by atomic mass is 10.8. The van der Waals surface area contributed by atoms with E-state index in [1.54, 1.807) is 6.26 Å². The maximum atomic E-state index is 5.21. The summed E-state index contributed by atoms with van der Waals surface area (Å²) in [7, 11) is 0. The van der Waals surface area contributed by atoms with Gasteiger partial charge in [0.15, 0.2) is 6.73 Å². The van der Waals surface area contributed by atoms with Gasteiger partial charge in [0.1, 0.15) is 6.26 Å². The number of rotatable bonds is 1. The number of hydrogen-bond acceptors (Lipinski definition) is 4. The zero-order valence-corrected chi connectivity index (χ0v) is 5.53. The van der Waals surface area contributed by atoms with Gasteiger partial charge < -0.3 is 14.2 Å². The van der Waals surface area contributed by atoms with Gasteiger partial charge in [-0.05, 0) is 0 Å². The molecule has 0 atom stereocenters. The fourth-order valence-electron chi connectivity index (χ4n) is 0.962. The summed E-state index contributed by atoms with van der Waals surface area (Å²) >= 11 is 0. The number of nitrogens with zero attached hydrogens (tertiary/aromatic N) is 1. The molecule has 4 heteroatoms. The average molecular weight is 143 g/mol. The molecule has 1 saturated heterocycles. The van der Waals surface area contributed by atoms with Gasteiger partial charge in [0, 0.05) is 6.20 Å². The van der Waals surface area contributed by atoms with Gasteiger partial charge in [0.25, 0.3) is 0 Å². The molecular weight excluding hydrogens is 134 g/mol. The summed E-state index contributed by atoms with van der Waals surface area (Å²) in [4.78, 5) is 1.85. The van der Waals surface area contributed by atoms with Crippen molar-refractivity contribution in [2.75, 3.05) is 19.9 Å². The summed E-state index contributed by atoms with van der Waals surface area (Å²) in [5, 5.41) is 0. The van der Waals surface area contributed by atoms with E-state index in [0.717, 1.165) is 0 Å². The predicted octanol–water partition coefficient (Wildman–Crippen LogP) is 0.0777. The molecule has 1 fully saturated rings. The molecule has 0 unspecified atom stereocenters. The molecule has 4 nitrogen and oxygen atoms in total. The number of hydrogen-bond donors (Lipinski definition) is 0. The van der Waals surface area contributed by atoms with Crippen LogP contribution in [-0.2, 0) is 14.2 Å². The first-order valence-corrected chi connectivity index (χ1v) is 3.24. The molecule has 0 saturated carbocycles. The Labute approximate surface area is 59.0 Å². The summed E-state index contributed by atoms with van der Waals surface area (Å²) in [5.74, 6) is 0. The van der Waals surface area contributed by atoms with Crippen molar-refractivity contribution in [1.29, 1.82) is 0 Å². The van der Waals surface area contributed by atoms with Crippen molar-refractivity contribution in [1.82, 2.24) is 4.90 Å². The van der Waals surface area contributed by atoms with Crippen molar-refractivity contribution < 1.29 is 14.2 Å². The van der Waals surface area contributed by atoms with Crippen molar-refractivity contribution in [2.45, 2.75) is 6.41 Å². The molecule has 0 bridgehead atoms. The Balaban J connectivity index is 1.91. The highest BCUT2D eigenvalue weighted by Crippen LogP contribution is 2.13. The van der Waals surface area contributed by atoms with Gasteiger partial charge >= 0.3 is 0 Å². The minimum absolute atomic E-state index is 0.223. The summed E-state index contributed by atoms with van der Waals surface area (Å²) in [5.41, 5.74) is 0. The van der Waals surface area contributed by atoms with Crippen LogP contribution in [0.5, 0.6) is 0 Å². The topological polar surface area (TPSA) is 30.9 Å². The second-order valence-electron chi connectivity index (χ2n) is 2.14. The van der Waals surface area contributed by atoms with Gasteiger partial charge in [0.05, 0.1) is 13.2 Å². The molecule has 56 valence electrons. The summed E-state index contributed by atoms with van der Waals surface area (Å²) in [6.07, 6.45) is 3.22. The maximum absolute atomic E-state index is 5.21. The van der Waals surface area contributed by atoms with Gasteiger partial charge in [-0.2, -0.15) is 0 Å². The Kier molecular flexibility index (Phi) is 1.49. The summed E-state index contributed by atoms with van der Waals surface area (Å²) < 4.78 is 15.4. The monoisotopic (exact) mass is 143 g/mol. The Bertz CT molecular complexity index is 142. The Morgan fingerprint density at radius 3 is 2.70 bits per heavy atom. The van der Waals surface area contributed by atoms with E-state index >= 15 is 0 Å². The zero-order valence-electron chi connectivity index (χ0n) is 5.53. The average Bonchev–Trinajstić information content (AvgIpc) is 2.59. The van der Waals surface area contributed by atoms with Crippen LogP contribution in [0.4, 0.5) is 0 Å². The van der Waals surface area contributed by atoms with Crippen LogP contribution >= 0.6 is 0 Å². The van der Waals surface area contributed by atoms with Crippen LogP contribution in [0.15, 0.2) is 12.5 Å². The Hall–Kier alpha value is -0.740. The first-order chi connectivity index (χ1) is 4.97. The summed E-state index contributed by atoms with van der Waals surface area (Å²) in [6.45, 7) is 1.88. The molecule has 0 radical (unpaired) electrons. The minimum atomic E-state index is -0.223. The quantitative estimate of drug-likeness (QED) is 0.520. The van der Waals surface area contributed by atoms with E-state index in [4.69, 9.17) is 14.2 Å². The first-order valence-electron chi connectivity index (χ1n) is 3.24. The largest absolute Gasteiger partial charge is 0.479 e. The van der Waals surface area contributed by atoms with Crippen molar-refractivity contribution in [2.24, 2.45) is 0 Å². The van der Waals surface area contributed by atoms with Crippen molar-refractivity contribution in [3.05, 3.63) is 12.5 Å². The van der Waals surface area contributed by atoms with E-state index in [1.807, 2.05) is 11.1 Å². The van der Waals surface area contributed by atoms with Gasteiger partial charge in [-0.1, -0.05) is 0 Å².